The molecular weight excluding hydrogens is 324 g/mol. The van der Waals surface area contributed by atoms with Crippen molar-refractivity contribution < 1.29 is 4.42 Å². The summed E-state index contributed by atoms with van der Waals surface area (Å²) >= 11 is 0. The standard InChI is InChI=1S/C21H28N4O/c22-16-8-6-15(7-9-16)19-24-25-20(26-19)21(10-11-21)13-23-18-12-17(18)14-4-2-1-3-5-14/h1-5,15-18,23H,6-13,22H2/t15?,16?,17-,18+/m0/s1. The minimum absolute atomic E-state index is 0.0835. The van der Waals surface area contributed by atoms with E-state index < -0.39 is 0 Å². The van der Waals surface area contributed by atoms with Gasteiger partial charge in [-0.3, -0.25) is 0 Å². The average Bonchev–Trinajstić information content (AvgIpc) is 3.59. The fourth-order valence-corrected chi connectivity index (χ4v) is 4.41. The van der Waals surface area contributed by atoms with Crippen LogP contribution in [0.3, 0.4) is 0 Å². The molecule has 0 saturated heterocycles. The molecule has 5 nitrogen and oxygen atoms in total. The van der Waals surface area contributed by atoms with E-state index in [2.05, 4.69) is 45.8 Å². The van der Waals surface area contributed by atoms with Gasteiger partial charge in [0.1, 0.15) is 0 Å². The molecule has 0 unspecified atom stereocenters. The Morgan fingerprint density at radius 2 is 1.85 bits per heavy atom. The first kappa shape index (κ1) is 16.5. The predicted octanol–water partition coefficient (Wildman–Crippen LogP) is 3.23. The van der Waals surface area contributed by atoms with E-state index in [-0.39, 0.29) is 5.41 Å². The van der Waals surface area contributed by atoms with Gasteiger partial charge in [0.2, 0.25) is 11.8 Å². The molecule has 1 heterocycles. The third kappa shape index (κ3) is 3.19. The molecule has 3 aliphatic rings. The lowest BCUT2D eigenvalue weighted by Crippen LogP contribution is -2.29. The van der Waals surface area contributed by atoms with Crippen LogP contribution in [0.4, 0.5) is 0 Å². The second-order valence-corrected chi connectivity index (χ2v) is 8.58. The molecule has 0 amide bonds. The van der Waals surface area contributed by atoms with Crippen molar-refractivity contribution in [3.05, 3.63) is 47.7 Å². The minimum atomic E-state index is 0.0835. The lowest BCUT2D eigenvalue weighted by atomic mass is 9.86. The molecule has 3 N–H and O–H groups in total. The molecule has 1 aromatic carbocycles. The summed E-state index contributed by atoms with van der Waals surface area (Å²) in [5, 5.41) is 12.6. The number of aromatic nitrogens is 2. The Balaban J connectivity index is 1.18. The monoisotopic (exact) mass is 352 g/mol. The third-order valence-electron chi connectivity index (χ3n) is 6.59. The second kappa shape index (κ2) is 6.46. The van der Waals surface area contributed by atoms with E-state index in [1.54, 1.807) is 0 Å². The maximum atomic E-state index is 6.15. The van der Waals surface area contributed by atoms with Gasteiger partial charge < -0.3 is 15.5 Å². The number of benzene rings is 1. The van der Waals surface area contributed by atoms with Crippen LogP contribution in [0.2, 0.25) is 0 Å². The summed E-state index contributed by atoms with van der Waals surface area (Å²) in [5.41, 5.74) is 7.54. The van der Waals surface area contributed by atoms with Gasteiger partial charge in [0.25, 0.3) is 0 Å². The zero-order valence-electron chi connectivity index (χ0n) is 15.2. The highest BCUT2D eigenvalue weighted by atomic mass is 16.4. The summed E-state index contributed by atoms with van der Waals surface area (Å²) in [5.74, 6) is 2.76. The Morgan fingerprint density at radius 3 is 2.58 bits per heavy atom. The zero-order valence-corrected chi connectivity index (χ0v) is 15.2. The molecule has 2 aromatic rings. The molecule has 138 valence electrons. The van der Waals surface area contributed by atoms with E-state index in [4.69, 9.17) is 10.2 Å². The number of hydrogen-bond donors (Lipinski definition) is 2. The van der Waals surface area contributed by atoms with Gasteiger partial charge in [0.05, 0.1) is 5.41 Å². The smallest absolute Gasteiger partial charge is 0.223 e. The third-order valence-corrected chi connectivity index (χ3v) is 6.59. The maximum absolute atomic E-state index is 6.15. The van der Waals surface area contributed by atoms with E-state index >= 15 is 0 Å². The fraction of sp³-hybridized carbons (Fsp3) is 0.619. The van der Waals surface area contributed by atoms with Crippen LogP contribution in [0.15, 0.2) is 34.7 Å². The topological polar surface area (TPSA) is 77.0 Å². The molecule has 26 heavy (non-hydrogen) atoms. The van der Waals surface area contributed by atoms with Crippen molar-refractivity contribution in [2.45, 2.75) is 74.3 Å². The molecule has 0 spiro atoms. The van der Waals surface area contributed by atoms with Gasteiger partial charge in [-0.1, -0.05) is 30.3 Å². The van der Waals surface area contributed by atoms with Gasteiger partial charge in [0, 0.05) is 30.5 Å². The molecule has 0 aliphatic heterocycles. The Hall–Kier alpha value is -1.72. The number of nitrogens with one attached hydrogen (secondary N) is 1. The van der Waals surface area contributed by atoms with Gasteiger partial charge in [-0.25, -0.2) is 0 Å². The predicted molar refractivity (Wildman–Crippen MR) is 100.0 cm³/mol. The number of nitrogens with zero attached hydrogens (tertiary/aromatic N) is 2. The van der Waals surface area contributed by atoms with Crippen molar-refractivity contribution in [2.24, 2.45) is 5.73 Å². The SMILES string of the molecule is NC1CCC(c2nnc(C3(CN[C@@H]4C[C@H]4c4ccccc4)CC3)o2)CC1. The molecular formula is C21H28N4O. The van der Waals surface area contributed by atoms with Gasteiger partial charge >= 0.3 is 0 Å². The highest BCUT2D eigenvalue weighted by Gasteiger charge is 2.51. The summed E-state index contributed by atoms with van der Waals surface area (Å²) in [6.07, 6.45) is 7.83. The van der Waals surface area contributed by atoms with E-state index in [1.807, 2.05) is 0 Å². The Morgan fingerprint density at radius 1 is 1.08 bits per heavy atom. The highest BCUT2D eigenvalue weighted by molar-refractivity contribution is 5.28. The normalized spacial score (nSPS) is 32.3. The van der Waals surface area contributed by atoms with Crippen molar-refractivity contribution in [1.82, 2.24) is 15.5 Å². The average molecular weight is 352 g/mol. The summed E-state index contributed by atoms with van der Waals surface area (Å²) < 4.78 is 6.15. The first-order valence-corrected chi connectivity index (χ1v) is 10.1. The lowest BCUT2D eigenvalue weighted by Gasteiger charge is -2.23. The summed E-state index contributed by atoms with van der Waals surface area (Å²) in [6.45, 7) is 0.957. The molecule has 3 aliphatic carbocycles. The Kier molecular flexibility index (Phi) is 4.09. The summed E-state index contributed by atoms with van der Waals surface area (Å²) in [7, 11) is 0. The van der Waals surface area contributed by atoms with Crippen LogP contribution in [-0.2, 0) is 5.41 Å². The molecule has 3 fully saturated rings. The molecule has 2 atom stereocenters. The van der Waals surface area contributed by atoms with E-state index in [0.29, 0.717) is 23.9 Å². The van der Waals surface area contributed by atoms with Crippen LogP contribution in [-0.4, -0.2) is 28.8 Å². The van der Waals surface area contributed by atoms with E-state index in [0.717, 1.165) is 56.9 Å². The molecule has 5 rings (SSSR count). The first-order chi connectivity index (χ1) is 12.7. The first-order valence-electron chi connectivity index (χ1n) is 10.1. The number of rotatable bonds is 6. The van der Waals surface area contributed by atoms with Crippen LogP contribution in [0.25, 0.3) is 0 Å². The molecule has 5 heteroatoms. The van der Waals surface area contributed by atoms with Crippen molar-refractivity contribution in [1.29, 1.82) is 0 Å². The molecule has 3 saturated carbocycles. The van der Waals surface area contributed by atoms with Crippen LogP contribution >= 0.6 is 0 Å². The van der Waals surface area contributed by atoms with Crippen molar-refractivity contribution in [3.8, 4) is 0 Å². The van der Waals surface area contributed by atoms with Gasteiger partial charge in [-0.2, -0.15) is 0 Å². The van der Waals surface area contributed by atoms with Crippen LogP contribution in [0, 0.1) is 0 Å². The van der Waals surface area contributed by atoms with Crippen LogP contribution in [0.1, 0.15) is 74.1 Å². The van der Waals surface area contributed by atoms with Crippen LogP contribution in [0.5, 0.6) is 0 Å². The Bertz CT molecular complexity index is 746. The van der Waals surface area contributed by atoms with Gasteiger partial charge in [-0.15, -0.1) is 10.2 Å². The summed E-state index contributed by atoms with van der Waals surface area (Å²) in [4.78, 5) is 0. The summed E-state index contributed by atoms with van der Waals surface area (Å²) in [6, 6.07) is 11.8. The highest BCUT2D eigenvalue weighted by Crippen LogP contribution is 2.49. The van der Waals surface area contributed by atoms with E-state index in [9.17, 15) is 0 Å². The van der Waals surface area contributed by atoms with Crippen molar-refractivity contribution >= 4 is 0 Å². The number of nitrogens with two attached hydrogens (primary N) is 1. The van der Waals surface area contributed by atoms with Crippen LogP contribution < -0.4 is 11.1 Å². The number of hydrogen-bond acceptors (Lipinski definition) is 5. The van der Waals surface area contributed by atoms with Gasteiger partial charge in [0.15, 0.2) is 0 Å². The fourth-order valence-electron chi connectivity index (χ4n) is 4.41. The molecule has 0 bridgehead atoms. The van der Waals surface area contributed by atoms with Crippen molar-refractivity contribution in [2.75, 3.05) is 6.54 Å². The molecule has 0 radical (unpaired) electrons. The second-order valence-electron chi connectivity index (χ2n) is 8.58. The lowest BCUT2D eigenvalue weighted by molar-refractivity contribution is 0.318. The largest absolute Gasteiger partial charge is 0.424 e. The van der Waals surface area contributed by atoms with Gasteiger partial charge in [-0.05, 0) is 50.5 Å². The molecule has 1 aromatic heterocycles. The van der Waals surface area contributed by atoms with Crippen molar-refractivity contribution in [3.63, 3.8) is 0 Å². The minimum Gasteiger partial charge on any atom is -0.424 e. The Labute approximate surface area is 154 Å². The maximum Gasteiger partial charge on any atom is 0.223 e. The quantitative estimate of drug-likeness (QED) is 0.835. The zero-order chi connectivity index (χ0) is 17.6. The van der Waals surface area contributed by atoms with E-state index in [1.165, 1.54) is 12.0 Å².